The Labute approximate surface area is 148 Å². The maximum absolute atomic E-state index is 11.4. The number of nitrogens with zero attached hydrogens (tertiary/aromatic N) is 6. The lowest BCUT2D eigenvalue weighted by molar-refractivity contribution is 0.249. The molecule has 3 heterocycles. The summed E-state index contributed by atoms with van der Waals surface area (Å²) in [6.45, 7) is 5.70. The first-order valence-electron chi connectivity index (χ1n) is 8.49. The van der Waals surface area contributed by atoms with Crippen LogP contribution >= 0.6 is 0 Å². The van der Waals surface area contributed by atoms with Crippen LogP contribution in [0.2, 0.25) is 0 Å². The molecule has 0 bridgehead atoms. The Morgan fingerprint density at radius 3 is 2.36 bits per heavy atom. The zero-order valence-electron chi connectivity index (χ0n) is 14.5. The molecule has 8 nitrogen and oxygen atoms in total. The molecule has 9 heteroatoms. The van der Waals surface area contributed by atoms with Gasteiger partial charge in [-0.15, -0.1) is 0 Å². The molecule has 1 aliphatic rings. The minimum atomic E-state index is -3.16. The second-order valence-electron chi connectivity index (χ2n) is 6.30. The minimum absolute atomic E-state index is 0.284. The van der Waals surface area contributed by atoms with Crippen molar-refractivity contribution < 1.29 is 8.42 Å². The third-order valence-corrected chi connectivity index (χ3v) is 5.42. The molecule has 0 atom stereocenters. The van der Waals surface area contributed by atoms with Crippen molar-refractivity contribution in [3.63, 3.8) is 0 Å². The van der Waals surface area contributed by atoms with Gasteiger partial charge >= 0.3 is 0 Å². The Kier molecular flexibility index (Phi) is 5.64. The van der Waals surface area contributed by atoms with Crippen LogP contribution in [0.15, 0.2) is 35.7 Å². The summed E-state index contributed by atoms with van der Waals surface area (Å²) in [7, 11) is -3.16. The molecule has 2 aromatic rings. The van der Waals surface area contributed by atoms with E-state index in [1.165, 1.54) is 12.5 Å². The van der Waals surface area contributed by atoms with Gasteiger partial charge in [0.1, 0.15) is 4.90 Å². The molecule has 1 aliphatic heterocycles. The highest BCUT2D eigenvalue weighted by Crippen LogP contribution is 2.11. The molecule has 136 valence electrons. The lowest BCUT2D eigenvalue weighted by Crippen LogP contribution is -2.47. The van der Waals surface area contributed by atoms with Gasteiger partial charge in [-0.05, 0) is 25.5 Å². The number of aromatic nitrogens is 4. The smallest absolute Gasteiger partial charge is 0.225 e. The Hall–Kier alpha value is -2.00. The van der Waals surface area contributed by atoms with E-state index in [4.69, 9.17) is 0 Å². The van der Waals surface area contributed by atoms with Crippen LogP contribution in [0.1, 0.15) is 12.8 Å². The molecule has 0 unspecified atom stereocenters. The maximum atomic E-state index is 11.4. The molecule has 1 fully saturated rings. The lowest BCUT2D eigenvalue weighted by atomic mass is 10.2. The maximum Gasteiger partial charge on any atom is 0.225 e. The van der Waals surface area contributed by atoms with Crippen LogP contribution in [-0.2, 0) is 16.4 Å². The van der Waals surface area contributed by atoms with Crippen molar-refractivity contribution >= 4 is 15.8 Å². The average molecular weight is 364 g/mol. The monoisotopic (exact) mass is 364 g/mol. The van der Waals surface area contributed by atoms with E-state index in [0.29, 0.717) is 0 Å². The van der Waals surface area contributed by atoms with E-state index in [-0.39, 0.29) is 4.90 Å². The molecule has 0 aromatic carbocycles. The molecule has 2 aromatic heterocycles. The lowest BCUT2D eigenvalue weighted by Gasteiger charge is -2.34. The SMILES string of the molecule is CS(=O)(=O)c1cnn(CCCCN2CCN(c3ncccn3)CC2)c1. The van der Waals surface area contributed by atoms with E-state index in [9.17, 15) is 8.42 Å². The fourth-order valence-corrected chi connectivity index (χ4v) is 3.45. The molecule has 25 heavy (non-hydrogen) atoms. The van der Waals surface area contributed by atoms with Crippen molar-refractivity contribution in [1.82, 2.24) is 24.6 Å². The molecule has 0 aliphatic carbocycles. The van der Waals surface area contributed by atoms with E-state index >= 15 is 0 Å². The first-order valence-corrected chi connectivity index (χ1v) is 10.4. The summed E-state index contributed by atoms with van der Waals surface area (Å²) in [5, 5.41) is 4.11. The molecule has 0 N–H and O–H groups in total. The Bertz CT molecular complexity index is 769. The number of hydrogen-bond acceptors (Lipinski definition) is 7. The van der Waals surface area contributed by atoms with Crippen LogP contribution in [0.4, 0.5) is 5.95 Å². The van der Waals surface area contributed by atoms with E-state index in [1.54, 1.807) is 23.3 Å². The Morgan fingerprint density at radius 1 is 1.04 bits per heavy atom. The zero-order valence-corrected chi connectivity index (χ0v) is 15.3. The summed E-state index contributed by atoms with van der Waals surface area (Å²) < 4.78 is 24.6. The van der Waals surface area contributed by atoms with E-state index in [1.807, 2.05) is 6.07 Å². The summed E-state index contributed by atoms with van der Waals surface area (Å²) in [6.07, 6.45) is 9.82. The van der Waals surface area contributed by atoms with Crippen LogP contribution < -0.4 is 4.90 Å². The number of rotatable bonds is 7. The van der Waals surface area contributed by atoms with Crippen LogP contribution in [0.25, 0.3) is 0 Å². The summed E-state index contributed by atoms with van der Waals surface area (Å²) in [6, 6.07) is 1.83. The molecular weight excluding hydrogens is 340 g/mol. The van der Waals surface area contributed by atoms with Crippen molar-refractivity contribution in [2.45, 2.75) is 24.3 Å². The normalized spacial score (nSPS) is 16.3. The number of sulfone groups is 1. The molecule has 0 radical (unpaired) electrons. The highest BCUT2D eigenvalue weighted by atomic mass is 32.2. The van der Waals surface area contributed by atoms with Crippen LogP contribution in [0, 0.1) is 0 Å². The van der Waals surface area contributed by atoms with Crippen molar-refractivity contribution in [2.75, 3.05) is 43.9 Å². The van der Waals surface area contributed by atoms with E-state index < -0.39 is 9.84 Å². The molecule has 0 amide bonds. The van der Waals surface area contributed by atoms with Gasteiger partial charge in [-0.25, -0.2) is 18.4 Å². The highest BCUT2D eigenvalue weighted by molar-refractivity contribution is 7.90. The third-order valence-electron chi connectivity index (χ3n) is 4.36. The van der Waals surface area contributed by atoms with E-state index in [2.05, 4.69) is 24.9 Å². The van der Waals surface area contributed by atoms with Gasteiger partial charge in [0.05, 0.1) is 6.20 Å². The number of hydrogen-bond donors (Lipinski definition) is 0. The highest BCUT2D eigenvalue weighted by Gasteiger charge is 2.18. The first kappa shape index (κ1) is 17.8. The van der Waals surface area contributed by atoms with Crippen LogP contribution in [-0.4, -0.2) is 72.0 Å². The standard InChI is InChI=1S/C16H24N6O2S/c1-25(23,24)15-13-19-22(14-15)8-3-2-7-20-9-11-21(12-10-20)16-17-5-4-6-18-16/h4-6,13-14H,2-3,7-12H2,1H3. The number of anilines is 1. The number of piperazine rings is 1. The molecule has 1 saturated heterocycles. The van der Waals surface area contributed by atoms with E-state index in [0.717, 1.165) is 58.1 Å². The summed E-state index contributed by atoms with van der Waals surface area (Å²) in [4.78, 5) is 13.5. The predicted octanol–water partition coefficient (Wildman–Crippen LogP) is 0.679. The molecule has 0 saturated carbocycles. The second kappa shape index (κ2) is 7.92. The Morgan fingerprint density at radius 2 is 1.72 bits per heavy atom. The van der Waals surface area contributed by atoms with Gasteiger partial charge in [0, 0.05) is 57.6 Å². The number of unbranched alkanes of at least 4 members (excludes halogenated alkanes) is 1. The zero-order chi connectivity index (χ0) is 17.7. The summed E-state index contributed by atoms with van der Waals surface area (Å²) in [5.41, 5.74) is 0. The van der Waals surface area contributed by atoms with Crippen molar-refractivity contribution in [1.29, 1.82) is 0 Å². The van der Waals surface area contributed by atoms with Crippen molar-refractivity contribution in [3.8, 4) is 0 Å². The largest absolute Gasteiger partial charge is 0.338 e. The quantitative estimate of drug-likeness (QED) is 0.668. The number of aryl methyl sites for hydroxylation is 1. The average Bonchev–Trinajstić information content (AvgIpc) is 3.09. The first-order chi connectivity index (χ1) is 12.0. The summed E-state index contributed by atoms with van der Waals surface area (Å²) >= 11 is 0. The van der Waals surface area contributed by atoms with Gasteiger partial charge < -0.3 is 4.90 Å². The van der Waals surface area contributed by atoms with Crippen LogP contribution in [0.5, 0.6) is 0 Å². The van der Waals surface area contributed by atoms with Gasteiger partial charge in [-0.2, -0.15) is 5.10 Å². The third kappa shape index (κ3) is 4.99. The van der Waals surface area contributed by atoms with Gasteiger partial charge in [0.2, 0.25) is 5.95 Å². The minimum Gasteiger partial charge on any atom is -0.338 e. The fourth-order valence-electron chi connectivity index (χ4n) is 2.89. The Balaban J connectivity index is 1.36. The molecular formula is C16H24N6O2S. The topological polar surface area (TPSA) is 84.2 Å². The van der Waals surface area contributed by atoms with Crippen LogP contribution in [0.3, 0.4) is 0 Å². The van der Waals surface area contributed by atoms with Crippen molar-refractivity contribution in [3.05, 3.63) is 30.9 Å². The fraction of sp³-hybridized carbons (Fsp3) is 0.562. The van der Waals surface area contributed by atoms with Gasteiger partial charge in [0.15, 0.2) is 9.84 Å². The molecule has 0 spiro atoms. The van der Waals surface area contributed by atoms with Gasteiger partial charge in [-0.1, -0.05) is 0 Å². The second-order valence-corrected chi connectivity index (χ2v) is 8.31. The summed E-state index contributed by atoms with van der Waals surface area (Å²) in [5.74, 6) is 0.808. The molecule has 3 rings (SSSR count). The predicted molar refractivity (Wildman–Crippen MR) is 95.3 cm³/mol. The van der Waals surface area contributed by atoms with Gasteiger partial charge in [0.25, 0.3) is 0 Å². The van der Waals surface area contributed by atoms with Gasteiger partial charge in [-0.3, -0.25) is 9.58 Å². The van der Waals surface area contributed by atoms with Crippen molar-refractivity contribution in [2.24, 2.45) is 0 Å².